The fourth-order valence-electron chi connectivity index (χ4n) is 6.27. The Morgan fingerprint density at radius 1 is 0.857 bits per heavy atom. The lowest BCUT2D eigenvalue weighted by atomic mass is 10.00. The van der Waals surface area contributed by atoms with E-state index in [-0.39, 0.29) is 0 Å². The molecule has 0 saturated carbocycles. The number of benzene rings is 2. The predicted molar refractivity (Wildman–Crippen MR) is 180 cm³/mol. The third-order valence-corrected chi connectivity index (χ3v) is 8.70. The van der Waals surface area contributed by atoms with Crippen molar-refractivity contribution in [1.29, 1.82) is 0 Å². The largest absolute Gasteiger partial charge is 0.325 e. The lowest BCUT2D eigenvalue weighted by Crippen LogP contribution is -2.25. The van der Waals surface area contributed by atoms with Crippen molar-refractivity contribution >= 4 is 40.3 Å². The van der Waals surface area contributed by atoms with Gasteiger partial charge in [-0.3, -0.25) is 9.98 Å². The first kappa shape index (κ1) is 29.9. The zero-order valence-corrected chi connectivity index (χ0v) is 27.0. The van der Waals surface area contributed by atoms with E-state index in [0.29, 0.717) is 5.03 Å². The summed E-state index contributed by atoms with van der Waals surface area (Å²) >= 11 is 13.2. The third kappa shape index (κ3) is 5.97. The number of pyridine rings is 1. The van der Waals surface area contributed by atoms with E-state index >= 15 is 0 Å². The van der Waals surface area contributed by atoms with E-state index in [0.717, 1.165) is 41.5 Å². The molecule has 2 aliphatic rings. The van der Waals surface area contributed by atoms with Crippen molar-refractivity contribution in [2.45, 2.75) is 53.8 Å². The molecular weight excluding hydrogens is 559 g/mol. The molecule has 216 valence electrons. The number of anilines is 2. The summed E-state index contributed by atoms with van der Waals surface area (Å²) in [5.74, 6) is 1.16. The SMILES string of the molecule is CC(=CC=C1C(c2ccccn2)=NC=C(Cl)C1Cl)C=C1N(c2c(C)cc(C)cc2C)CCN1c1c(C)cc(C)cc1C. The van der Waals surface area contributed by atoms with Crippen LogP contribution in [0.1, 0.15) is 46.0 Å². The van der Waals surface area contributed by atoms with E-state index in [2.05, 4.69) is 105 Å². The monoisotopic (exact) mass is 596 g/mol. The zero-order valence-electron chi connectivity index (χ0n) is 25.5. The molecule has 0 N–H and O–H groups in total. The average Bonchev–Trinajstić information content (AvgIpc) is 3.31. The number of hydrogen-bond acceptors (Lipinski definition) is 4. The molecule has 1 fully saturated rings. The fraction of sp³-hybridized carbons (Fsp3) is 0.278. The van der Waals surface area contributed by atoms with Gasteiger partial charge in [0.1, 0.15) is 5.82 Å². The Balaban J connectivity index is 1.61. The lowest BCUT2D eigenvalue weighted by Gasteiger charge is -2.30. The number of hydrogen-bond donors (Lipinski definition) is 0. The molecule has 0 spiro atoms. The molecule has 1 aromatic heterocycles. The Hall–Kier alpha value is -3.60. The van der Waals surface area contributed by atoms with Crippen LogP contribution >= 0.6 is 23.2 Å². The Bertz CT molecular complexity index is 1560. The van der Waals surface area contributed by atoms with E-state index in [1.807, 2.05) is 24.3 Å². The molecule has 1 unspecified atom stereocenters. The topological polar surface area (TPSA) is 31.7 Å². The molecule has 3 heterocycles. The molecule has 6 heteroatoms. The smallest absolute Gasteiger partial charge is 0.113 e. The highest BCUT2D eigenvalue weighted by Gasteiger charge is 2.31. The van der Waals surface area contributed by atoms with Gasteiger partial charge in [-0.15, -0.1) is 11.6 Å². The summed E-state index contributed by atoms with van der Waals surface area (Å²) in [5, 5.41) is 0.00357. The number of halogens is 2. The van der Waals surface area contributed by atoms with Crippen LogP contribution in [0.3, 0.4) is 0 Å². The third-order valence-electron chi connectivity index (χ3n) is 7.81. The minimum Gasteiger partial charge on any atom is -0.325 e. The van der Waals surface area contributed by atoms with Crippen molar-refractivity contribution in [3.05, 3.63) is 134 Å². The van der Waals surface area contributed by atoms with Gasteiger partial charge in [-0.25, -0.2) is 0 Å². The predicted octanol–water partition coefficient (Wildman–Crippen LogP) is 9.16. The van der Waals surface area contributed by atoms with Crippen molar-refractivity contribution in [3.8, 4) is 0 Å². The summed E-state index contributed by atoms with van der Waals surface area (Å²) in [6, 6.07) is 14.9. The van der Waals surface area contributed by atoms with E-state index in [9.17, 15) is 0 Å². The maximum Gasteiger partial charge on any atom is 0.113 e. The molecule has 2 aliphatic heterocycles. The first-order chi connectivity index (χ1) is 20.0. The lowest BCUT2D eigenvalue weighted by molar-refractivity contribution is 1.01. The highest BCUT2D eigenvalue weighted by molar-refractivity contribution is 6.41. The maximum atomic E-state index is 6.79. The number of nitrogens with zero attached hydrogens (tertiary/aromatic N) is 4. The molecule has 42 heavy (non-hydrogen) atoms. The highest BCUT2D eigenvalue weighted by Crippen LogP contribution is 2.39. The molecular formula is C36H38Cl2N4. The molecule has 0 bridgehead atoms. The number of aryl methyl sites for hydroxylation is 6. The standard InChI is InChI=1S/C36H38Cl2N4/c1-22(11-12-29-33(38)30(37)21-40-34(29)31-10-8-9-13-39-31)20-32-41(35-25(4)16-23(2)17-26(35)5)14-15-42(32)36-27(6)18-24(3)19-28(36)7/h8-13,16-21,33H,14-15H2,1-7H3. The first-order valence-electron chi connectivity index (χ1n) is 14.3. The van der Waals surface area contributed by atoms with Crippen molar-refractivity contribution < 1.29 is 0 Å². The summed E-state index contributed by atoms with van der Waals surface area (Å²) in [6.45, 7) is 17.1. The Morgan fingerprint density at radius 3 is 1.90 bits per heavy atom. The minimum absolute atomic E-state index is 0.493. The minimum atomic E-state index is -0.493. The van der Waals surface area contributed by atoms with Gasteiger partial charge >= 0.3 is 0 Å². The summed E-state index contributed by atoms with van der Waals surface area (Å²) in [5.41, 5.74) is 13.7. The molecule has 0 amide bonds. The number of allylic oxidation sites excluding steroid dienone is 6. The number of rotatable bonds is 5. The van der Waals surface area contributed by atoms with E-state index in [4.69, 9.17) is 23.2 Å². The molecule has 5 rings (SSSR count). The molecule has 0 radical (unpaired) electrons. The van der Waals surface area contributed by atoms with Gasteiger partial charge in [0.15, 0.2) is 0 Å². The van der Waals surface area contributed by atoms with Crippen LogP contribution in [0.5, 0.6) is 0 Å². The van der Waals surface area contributed by atoms with Crippen LogP contribution in [0.2, 0.25) is 0 Å². The summed E-state index contributed by atoms with van der Waals surface area (Å²) < 4.78 is 0. The first-order valence-corrected chi connectivity index (χ1v) is 15.2. The molecule has 1 saturated heterocycles. The van der Waals surface area contributed by atoms with Crippen LogP contribution in [0.25, 0.3) is 0 Å². The average molecular weight is 598 g/mol. The maximum absolute atomic E-state index is 6.79. The van der Waals surface area contributed by atoms with Gasteiger partial charge in [0.25, 0.3) is 0 Å². The fourth-order valence-corrected chi connectivity index (χ4v) is 6.67. The second-order valence-corrected chi connectivity index (χ2v) is 12.3. The normalized spacial score (nSPS) is 18.5. The Labute approximate surface area is 260 Å². The Kier molecular flexibility index (Phi) is 8.77. The van der Waals surface area contributed by atoms with Gasteiger partial charge in [-0.1, -0.05) is 65.2 Å². The van der Waals surface area contributed by atoms with Gasteiger partial charge < -0.3 is 9.80 Å². The second-order valence-electron chi connectivity index (χ2n) is 11.4. The zero-order chi connectivity index (χ0) is 30.1. The highest BCUT2D eigenvalue weighted by atomic mass is 35.5. The van der Waals surface area contributed by atoms with Crippen LogP contribution in [0, 0.1) is 41.5 Å². The Morgan fingerprint density at radius 2 is 1.40 bits per heavy atom. The molecule has 3 aromatic rings. The van der Waals surface area contributed by atoms with Gasteiger partial charge in [0.2, 0.25) is 0 Å². The van der Waals surface area contributed by atoms with Crippen molar-refractivity contribution in [2.24, 2.45) is 4.99 Å². The second kappa shape index (κ2) is 12.3. The van der Waals surface area contributed by atoms with Crippen molar-refractivity contribution in [1.82, 2.24) is 4.98 Å². The van der Waals surface area contributed by atoms with Crippen LogP contribution in [0.4, 0.5) is 11.4 Å². The van der Waals surface area contributed by atoms with E-state index < -0.39 is 5.38 Å². The molecule has 1 atom stereocenters. The van der Waals surface area contributed by atoms with Crippen LogP contribution in [-0.2, 0) is 0 Å². The molecule has 2 aromatic carbocycles. The van der Waals surface area contributed by atoms with E-state index in [1.54, 1.807) is 12.4 Å². The van der Waals surface area contributed by atoms with Crippen LogP contribution < -0.4 is 9.80 Å². The van der Waals surface area contributed by atoms with Crippen LogP contribution in [0.15, 0.2) is 100 Å². The number of aliphatic imine (C=N–C) groups is 1. The van der Waals surface area contributed by atoms with Gasteiger partial charge in [-0.05, 0) is 94.5 Å². The number of alkyl halides is 1. The molecule has 4 nitrogen and oxygen atoms in total. The van der Waals surface area contributed by atoms with E-state index in [1.165, 1.54) is 44.8 Å². The van der Waals surface area contributed by atoms with Gasteiger partial charge in [-0.2, -0.15) is 0 Å². The van der Waals surface area contributed by atoms with Gasteiger partial charge in [0, 0.05) is 42.4 Å². The van der Waals surface area contributed by atoms with Crippen LogP contribution in [-0.4, -0.2) is 29.2 Å². The van der Waals surface area contributed by atoms with Crippen molar-refractivity contribution in [2.75, 3.05) is 22.9 Å². The summed E-state index contributed by atoms with van der Waals surface area (Å²) in [7, 11) is 0. The number of aromatic nitrogens is 1. The summed E-state index contributed by atoms with van der Waals surface area (Å²) in [6.07, 6.45) is 9.79. The van der Waals surface area contributed by atoms with Gasteiger partial charge in [0.05, 0.1) is 21.8 Å². The molecule has 0 aliphatic carbocycles. The van der Waals surface area contributed by atoms with Crippen molar-refractivity contribution in [3.63, 3.8) is 0 Å². The quantitative estimate of drug-likeness (QED) is 0.275. The summed E-state index contributed by atoms with van der Waals surface area (Å²) in [4.78, 5) is 14.0.